The molecule has 8 aromatic rings. The Hall–Kier alpha value is -4.86. The Morgan fingerprint density at radius 2 is 1.27 bits per heavy atom. The zero-order valence-corrected chi connectivity index (χ0v) is 24.2. The summed E-state index contributed by atoms with van der Waals surface area (Å²) in [7, 11) is -2.44. The zero-order chi connectivity index (χ0) is 27.3. The molecule has 0 saturated carbocycles. The summed E-state index contributed by atoms with van der Waals surface area (Å²) in [5, 5.41) is 8.05. The maximum atomic E-state index is 6.37. The van der Waals surface area contributed by atoms with Gasteiger partial charge < -0.3 is 0 Å². The normalized spacial score (nSPS) is 14.6. The van der Waals surface area contributed by atoms with Crippen LogP contribution in [-0.2, 0) is 0 Å². The first-order chi connectivity index (χ1) is 20.1. The summed E-state index contributed by atoms with van der Waals surface area (Å²) in [6.07, 6.45) is 0. The third-order valence-electron chi connectivity index (χ3n) is 9.43. The molecular formula is C38H28NOSi-. The van der Waals surface area contributed by atoms with Crippen molar-refractivity contribution in [3.05, 3.63) is 127 Å². The van der Waals surface area contributed by atoms with Crippen molar-refractivity contribution < 1.29 is 4.42 Å². The third kappa shape index (κ3) is 3.01. The van der Waals surface area contributed by atoms with E-state index in [1.54, 1.807) is 10.4 Å². The van der Waals surface area contributed by atoms with Gasteiger partial charge in [-0.3, -0.25) is 0 Å². The molecule has 0 radical (unpaired) electrons. The van der Waals surface area contributed by atoms with E-state index in [-0.39, 0.29) is 0 Å². The first-order valence-electron chi connectivity index (χ1n) is 14.5. The van der Waals surface area contributed by atoms with Crippen LogP contribution in [0.25, 0.3) is 71.7 Å². The van der Waals surface area contributed by atoms with Crippen LogP contribution in [0.4, 0.5) is 0 Å². The molecule has 0 spiro atoms. The second-order valence-electron chi connectivity index (χ2n) is 12.1. The molecule has 0 unspecified atom stereocenters. The molecule has 1 aliphatic heterocycles. The Bertz CT molecular complexity index is 2340. The van der Waals surface area contributed by atoms with E-state index in [1.165, 1.54) is 60.5 Å². The van der Waals surface area contributed by atoms with Gasteiger partial charge in [0, 0.05) is 0 Å². The van der Waals surface area contributed by atoms with Gasteiger partial charge in [0.2, 0.25) is 0 Å². The summed E-state index contributed by atoms with van der Waals surface area (Å²) in [5.41, 5.74) is 11.0. The van der Waals surface area contributed by atoms with Crippen LogP contribution in [-0.4, -0.2) is 12.6 Å². The summed E-state index contributed by atoms with van der Waals surface area (Å²) in [6.45, 7) is 5.10. The standard InChI is InChI=1S/C38H28NOSi/c1-41(2)35-19-11-8-16-29(35)36-30(24-20-21-28-27-15-7-10-18-33(27)40-34(28)22-24)23-31-26-14-6-9-17-32(26)39(37(31)38(36)41)25-12-4-3-5-13-25/h3-23,41H,1-2H3/q-1. The number of hydrogen-bond donors (Lipinski definition) is 0. The SMILES string of the molecule is C[SiH-]1(C)c2ccccc2-c2c(-c3ccc4c(c3)oc3ccccc34)cc3c4ccccc4n(-c4ccccc4)c3c21. The molecule has 3 heteroatoms. The molecule has 0 aliphatic carbocycles. The van der Waals surface area contributed by atoms with Gasteiger partial charge in [0.05, 0.1) is 0 Å². The van der Waals surface area contributed by atoms with Crippen molar-refractivity contribution in [1.29, 1.82) is 0 Å². The third-order valence-corrected chi connectivity index (χ3v) is 13.5. The average molecular weight is 543 g/mol. The van der Waals surface area contributed by atoms with Crippen molar-refractivity contribution in [2.75, 3.05) is 0 Å². The molecule has 0 fully saturated rings. The number of para-hydroxylation sites is 3. The van der Waals surface area contributed by atoms with Gasteiger partial charge in [0.15, 0.2) is 0 Å². The molecule has 0 N–H and O–H groups in total. The molecular weight excluding hydrogens is 515 g/mol. The van der Waals surface area contributed by atoms with Crippen LogP contribution in [0.2, 0.25) is 13.1 Å². The Morgan fingerprint density at radius 1 is 0.561 bits per heavy atom. The Morgan fingerprint density at radius 3 is 2.15 bits per heavy atom. The zero-order valence-electron chi connectivity index (χ0n) is 23.1. The second-order valence-corrected chi connectivity index (χ2v) is 17.0. The van der Waals surface area contributed by atoms with Gasteiger partial charge in [0.1, 0.15) is 0 Å². The van der Waals surface area contributed by atoms with Crippen LogP contribution < -0.4 is 10.4 Å². The molecule has 196 valence electrons. The molecule has 6 aromatic carbocycles. The average Bonchev–Trinajstić information content (AvgIpc) is 3.63. The number of furan rings is 1. The monoisotopic (exact) mass is 542 g/mol. The van der Waals surface area contributed by atoms with Crippen LogP contribution in [0, 0.1) is 0 Å². The van der Waals surface area contributed by atoms with E-state index in [2.05, 4.69) is 139 Å². The summed E-state index contributed by atoms with van der Waals surface area (Å²) in [4.78, 5) is 0. The molecule has 1 aliphatic rings. The summed E-state index contributed by atoms with van der Waals surface area (Å²) in [6, 6.07) is 46.5. The van der Waals surface area contributed by atoms with Crippen LogP contribution in [0.1, 0.15) is 0 Å². The Kier molecular flexibility index (Phi) is 4.52. The second kappa shape index (κ2) is 8.09. The van der Waals surface area contributed by atoms with E-state index < -0.39 is 8.07 Å². The first-order valence-corrected chi connectivity index (χ1v) is 18.0. The quantitative estimate of drug-likeness (QED) is 0.200. The molecule has 41 heavy (non-hydrogen) atoms. The topological polar surface area (TPSA) is 18.1 Å². The van der Waals surface area contributed by atoms with Gasteiger partial charge in [-0.25, -0.2) is 0 Å². The van der Waals surface area contributed by atoms with Crippen LogP contribution in [0.3, 0.4) is 0 Å². The number of fused-ring (bicyclic) bond motifs is 10. The van der Waals surface area contributed by atoms with E-state index in [1.807, 2.05) is 6.07 Å². The van der Waals surface area contributed by atoms with Crippen LogP contribution >= 0.6 is 0 Å². The molecule has 0 bridgehead atoms. The predicted molar refractivity (Wildman–Crippen MR) is 177 cm³/mol. The fourth-order valence-corrected chi connectivity index (χ4v) is 11.5. The molecule has 0 saturated heterocycles. The van der Waals surface area contributed by atoms with E-state index >= 15 is 0 Å². The number of benzene rings is 6. The summed E-state index contributed by atoms with van der Waals surface area (Å²) < 4.78 is 8.89. The fourth-order valence-electron chi connectivity index (χ4n) is 7.63. The van der Waals surface area contributed by atoms with Crippen LogP contribution in [0.15, 0.2) is 132 Å². The van der Waals surface area contributed by atoms with Crippen molar-refractivity contribution in [3.63, 3.8) is 0 Å². The minimum atomic E-state index is -2.44. The number of nitrogens with zero attached hydrogens (tertiary/aromatic N) is 1. The fraction of sp³-hybridized carbons (Fsp3) is 0.0526. The first kappa shape index (κ1) is 22.9. The van der Waals surface area contributed by atoms with Crippen molar-refractivity contribution in [3.8, 4) is 27.9 Å². The van der Waals surface area contributed by atoms with Crippen molar-refractivity contribution in [2.24, 2.45) is 0 Å². The van der Waals surface area contributed by atoms with Gasteiger partial charge in [-0.1, -0.05) is 0 Å². The molecule has 3 heterocycles. The number of hydrogen-bond acceptors (Lipinski definition) is 1. The van der Waals surface area contributed by atoms with E-state index in [0.29, 0.717) is 0 Å². The molecule has 9 rings (SSSR count). The molecule has 0 atom stereocenters. The van der Waals surface area contributed by atoms with Crippen LogP contribution in [0.5, 0.6) is 0 Å². The van der Waals surface area contributed by atoms with Crippen molar-refractivity contribution in [2.45, 2.75) is 13.1 Å². The minimum absolute atomic E-state index is 0.937. The van der Waals surface area contributed by atoms with E-state index in [0.717, 1.165) is 11.2 Å². The number of aromatic nitrogens is 1. The summed E-state index contributed by atoms with van der Waals surface area (Å²) in [5.74, 6) is 0. The molecule has 2 aromatic heterocycles. The van der Waals surface area contributed by atoms with Gasteiger partial charge in [-0.2, -0.15) is 0 Å². The molecule has 0 amide bonds. The van der Waals surface area contributed by atoms with Gasteiger partial charge in [-0.15, -0.1) is 0 Å². The van der Waals surface area contributed by atoms with E-state index in [4.69, 9.17) is 4.42 Å². The van der Waals surface area contributed by atoms with E-state index in [9.17, 15) is 0 Å². The molecule has 2 nitrogen and oxygen atoms in total. The van der Waals surface area contributed by atoms with Gasteiger partial charge in [-0.05, 0) is 0 Å². The summed E-state index contributed by atoms with van der Waals surface area (Å²) >= 11 is 0. The maximum absolute atomic E-state index is 6.37. The Balaban J connectivity index is 1.47. The van der Waals surface area contributed by atoms with Crippen molar-refractivity contribution >= 4 is 62.2 Å². The Labute approximate surface area is 239 Å². The van der Waals surface area contributed by atoms with Crippen molar-refractivity contribution in [1.82, 2.24) is 4.57 Å². The number of rotatable bonds is 2. The predicted octanol–water partition coefficient (Wildman–Crippen LogP) is 8.89. The van der Waals surface area contributed by atoms with Gasteiger partial charge >= 0.3 is 240 Å². The van der Waals surface area contributed by atoms with Gasteiger partial charge in [0.25, 0.3) is 0 Å².